The Morgan fingerprint density at radius 2 is 2.05 bits per heavy atom. The summed E-state index contributed by atoms with van der Waals surface area (Å²) in [5.74, 6) is 0.113. The van der Waals surface area contributed by atoms with E-state index in [9.17, 15) is 14.9 Å². The van der Waals surface area contributed by atoms with E-state index in [-0.39, 0.29) is 23.6 Å². The van der Waals surface area contributed by atoms with Crippen LogP contribution in [0.15, 0.2) is 24.3 Å². The van der Waals surface area contributed by atoms with Crippen LogP contribution in [0.4, 0.5) is 5.69 Å². The predicted octanol–water partition coefficient (Wildman–Crippen LogP) is 1.38. The summed E-state index contributed by atoms with van der Waals surface area (Å²) in [4.78, 5) is 22.0. The Bertz CT molecular complexity index is 487. The summed E-state index contributed by atoms with van der Waals surface area (Å²) in [5.41, 5.74) is 6.84. The van der Waals surface area contributed by atoms with Gasteiger partial charge in [0.05, 0.1) is 4.92 Å². The van der Waals surface area contributed by atoms with Crippen molar-refractivity contribution in [2.24, 2.45) is 11.7 Å². The molecule has 0 saturated heterocycles. The third kappa shape index (κ3) is 3.77. The van der Waals surface area contributed by atoms with Gasteiger partial charge in [0.15, 0.2) is 0 Å². The molecule has 1 amide bonds. The van der Waals surface area contributed by atoms with Crippen molar-refractivity contribution < 1.29 is 9.72 Å². The van der Waals surface area contributed by atoms with Gasteiger partial charge in [-0.1, -0.05) is 12.1 Å². The molecular weight excluding hydrogens is 258 g/mol. The second-order valence-corrected chi connectivity index (χ2v) is 5.23. The van der Waals surface area contributed by atoms with Crippen LogP contribution in [0.3, 0.4) is 0 Å². The standard InChI is InChI=1S/C14H19N3O3/c15-12-4-3-11(9-12)14(18)16-8-7-10-1-5-13(6-2-10)17(19)20/h1-2,5-6,11-12H,3-4,7-9,15H2,(H,16,18). The van der Waals surface area contributed by atoms with Gasteiger partial charge in [-0.05, 0) is 31.2 Å². The van der Waals surface area contributed by atoms with Crippen molar-refractivity contribution in [2.45, 2.75) is 31.7 Å². The van der Waals surface area contributed by atoms with Gasteiger partial charge in [-0.15, -0.1) is 0 Å². The predicted molar refractivity (Wildman–Crippen MR) is 75.1 cm³/mol. The van der Waals surface area contributed by atoms with Gasteiger partial charge in [0.25, 0.3) is 5.69 Å². The first kappa shape index (κ1) is 14.5. The zero-order chi connectivity index (χ0) is 14.5. The van der Waals surface area contributed by atoms with Gasteiger partial charge in [0, 0.05) is 30.6 Å². The minimum Gasteiger partial charge on any atom is -0.356 e. The van der Waals surface area contributed by atoms with Crippen LogP contribution in [0.25, 0.3) is 0 Å². The lowest BCUT2D eigenvalue weighted by Gasteiger charge is -2.10. The van der Waals surface area contributed by atoms with Crippen molar-refractivity contribution in [2.75, 3.05) is 6.54 Å². The van der Waals surface area contributed by atoms with E-state index in [0.29, 0.717) is 13.0 Å². The van der Waals surface area contributed by atoms with E-state index in [1.807, 2.05) is 0 Å². The highest BCUT2D eigenvalue weighted by Gasteiger charge is 2.27. The summed E-state index contributed by atoms with van der Waals surface area (Å²) in [6.07, 6.45) is 3.22. The molecule has 1 aliphatic rings. The number of benzene rings is 1. The lowest BCUT2D eigenvalue weighted by molar-refractivity contribution is -0.384. The summed E-state index contributed by atoms with van der Waals surface area (Å²) in [6, 6.07) is 6.55. The van der Waals surface area contributed by atoms with Crippen LogP contribution < -0.4 is 11.1 Å². The highest BCUT2D eigenvalue weighted by molar-refractivity contribution is 5.79. The summed E-state index contributed by atoms with van der Waals surface area (Å²) in [7, 11) is 0. The summed E-state index contributed by atoms with van der Waals surface area (Å²) in [5, 5.41) is 13.4. The number of non-ortho nitro benzene ring substituents is 1. The molecule has 1 aliphatic carbocycles. The third-order valence-electron chi connectivity index (χ3n) is 3.70. The van der Waals surface area contributed by atoms with Crippen LogP contribution in [-0.4, -0.2) is 23.4 Å². The van der Waals surface area contributed by atoms with Crippen LogP contribution in [-0.2, 0) is 11.2 Å². The normalized spacial score (nSPS) is 21.6. The SMILES string of the molecule is NC1CCC(C(=O)NCCc2ccc([N+](=O)[O-])cc2)C1. The molecule has 3 N–H and O–H groups in total. The van der Waals surface area contributed by atoms with Gasteiger partial charge >= 0.3 is 0 Å². The van der Waals surface area contributed by atoms with Crippen LogP contribution in [0, 0.1) is 16.0 Å². The fraction of sp³-hybridized carbons (Fsp3) is 0.500. The maximum Gasteiger partial charge on any atom is 0.269 e. The van der Waals surface area contributed by atoms with Crippen LogP contribution in [0.1, 0.15) is 24.8 Å². The Labute approximate surface area is 117 Å². The molecule has 0 spiro atoms. The quantitative estimate of drug-likeness (QED) is 0.627. The number of nitro groups is 1. The number of nitrogens with two attached hydrogens (primary N) is 1. The first-order valence-electron chi connectivity index (χ1n) is 6.83. The zero-order valence-electron chi connectivity index (χ0n) is 11.2. The van der Waals surface area contributed by atoms with Gasteiger partial charge in [0.1, 0.15) is 0 Å². The molecule has 2 atom stereocenters. The Morgan fingerprint density at radius 3 is 2.60 bits per heavy atom. The second kappa shape index (κ2) is 6.47. The molecule has 1 aromatic rings. The number of hydrogen-bond acceptors (Lipinski definition) is 4. The van der Waals surface area contributed by atoms with Gasteiger partial charge in [-0.2, -0.15) is 0 Å². The number of hydrogen-bond donors (Lipinski definition) is 2. The second-order valence-electron chi connectivity index (χ2n) is 5.23. The fourth-order valence-electron chi connectivity index (χ4n) is 2.51. The molecule has 20 heavy (non-hydrogen) atoms. The molecule has 0 heterocycles. The van der Waals surface area contributed by atoms with E-state index < -0.39 is 4.92 Å². The number of carbonyl (C=O) groups excluding carboxylic acids is 1. The maximum absolute atomic E-state index is 11.9. The molecular formula is C14H19N3O3. The first-order chi connectivity index (χ1) is 9.56. The molecule has 108 valence electrons. The minimum absolute atomic E-state index is 0.0434. The smallest absolute Gasteiger partial charge is 0.269 e. The van der Waals surface area contributed by atoms with Crippen LogP contribution >= 0.6 is 0 Å². The van der Waals surface area contributed by atoms with Gasteiger partial charge in [-0.25, -0.2) is 0 Å². The average molecular weight is 277 g/mol. The van der Waals surface area contributed by atoms with Crippen molar-refractivity contribution >= 4 is 11.6 Å². The van der Waals surface area contributed by atoms with E-state index in [1.165, 1.54) is 12.1 Å². The summed E-state index contributed by atoms with van der Waals surface area (Å²) >= 11 is 0. The minimum atomic E-state index is -0.422. The lowest BCUT2D eigenvalue weighted by Crippen LogP contribution is -2.31. The first-order valence-corrected chi connectivity index (χ1v) is 6.83. The van der Waals surface area contributed by atoms with E-state index >= 15 is 0 Å². The molecule has 1 saturated carbocycles. The Kier molecular flexibility index (Phi) is 4.68. The zero-order valence-corrected chi connectivity index (χ0v) is 11.2. The molecule has 6 heteroatoms. The van der Waals surface area contributed by atoms with E-state index in [0.717, 1.165) is 24.8 Å². The van der Waals surface area contributed by atoms with E-state index in [1.54, 1.807) is 12.1 Å². The summed E-state index contributed by atoms with van der Waals surface area (Å²) < 4.78 is 0. The van der Waals surface area contributed by atoms with E-state index in [4.69, 9.17) is 5.73 Å². The van der Waals surface area contributed by atoms with Gasteiger partial charge in [0.2, 0.25) is 5.91 Å². The highest BCUT2D eigenvalue weighted by Crippen LogP contribution is 2.23. The topological polar surface area (TPSA) is 98.3 Å². The van der Waals surface area contributed by atoms with Crippen molar-refractivity contribution in [3.8, 4) is 0 Å². The Balaban J connectivity index is 1.75. The van der Waals surface area contributed by atoms with Crippen LogP contribution in [0.5, 0.6) is 0 Å². The maximum atomic E-state index is 11.9. The monoisotopic (exact) mass is 277 g/mol. The molecule has 0 aromatic heterocycles. The number of nitrogens with zero attached hydrogens (tertiary/aromatic N) is 1. The number of amides is 1. The number of carbonyl (C=O) groups is 1. The highest BCUT2D eigenvalue weighted by atomic mass is 16.6. The molecule has 1 fully saturated rings. The van der Waals surface area contributed by atoms with Crippen molar-refractivity contribution in [3.63, 3.8) is 0 Å². The Morgan fingerprint density at radius 1 is 1.35 bits per heavy atom. The average Bonchev–Trinajstić information content (AvgIpc) is 2.86. The molecule has 0 bridgehead atoms. The van der Waals surface area contributed by atoms with Gasteiger partial charge < -0.3 is 11.1 Å². The summed E-state index contributed by atoms with van der Waals surface area (Å²) in [6.45, 7) is 0.544. The fourth-order valence-corrected chi connectivity index (χ4v) is 2.51. The molecule has 2 rings (SSSR count). The molecule has 1 aromatic carbocycles. The molecule has 2 unspecified atom stereocenters. The molecule has 0 radical (unpaired) electrons. The van der Waals surface area contributed by atoms with Crippen molar-refractivity contribution in [1.29, 1.82) is 0 Å². The van der Waals surface area contributed by atoms with Crippen molar-refractivity contribution in [1.82, 2.24) is 5.32 Å². The largest absolute Gasteiger partial charge is 0.356 e. The number of rotatable bonds is 5. The number of nitrogens with one attached hydrogen (secondary N) is 1. The van der Waals surface area contributed by atoms with E-state index in [2.05, 4.69) is 5.32 Å². The third-order valence-corrected chi connectivity index (χ3v) is 3.70. The van der Waals surface area contributed by atoms with Crippen LogP contribution in [0.2, 0.25) is 0 Å². The Hall–Kier alpha value is -1.95. The molecule has 6 nitrogen and oxygen atoms in total. The molecule has 0 aliphatic heterocycles. The van der Waals surface area contributed by atoms with Gasteiger partial charge in [-0.3, -0.25) is 14.9 Å². The lowest BCUT2D eigenvalue weighted by atomic mass is 10.1. The van der Waals surface area contributed by atoms with Crippen molar-refractivity contribution in [3.05, 3.63) is 39.9 Å². The number of nitro benzene ring substituents is 1.